The number of rotatable bonds is 7. The molecule has 0 atom stereocenters. The molecule has 2 amide bonds. The minimum absolute atomic E-state index is 0.119. The minimum Gasteiger partial charge on any atom is -0.467 e. The van der Waals surface area contributed by atoms with Crippen molar-refractivity contribution >= 4 is 21.8 Å². The maximum atomic E-state index is 12.8. The van der Waals surface area contributed by atoms with Gasteiger partial charge in [-0.15, -0.1) is 0 Å². The van der Waals surface area contributed by atoms with Crippen molar-refractivity contribution in [1.82, 2.24) is 14.5 Å². The SMILES string of the molecule is CC1CCN(S(=O)(=O)c2ccc(C(=O)N(C)CC(=O)NCc3ccco3)cc2)CC1. The zero-order valence-electron chi connectivity index (χ0n) is 17.2. The van der Waals surface area contributed by atoms with Crippen molar-refractivity contribution in [1.29, 1.82) is 0 Å². The molecule has 0 unspecified atom stereocenters. The van der Waals surface area contributed by atoms with E-state index in [1.165, 1.54) is 46.8 Å². The van der Waals surface area contributed by atoms with Crippen LogP contribution in [0.5, 0.6) is 0 Å². The van der Waals surface area contributed by atoms with Crippen LogP contribution in [0.15, 0.2) is 52.0 Å². The lowest BCUT2D eigenvalue weighted by atomic mass is 10.0. The first-order valence-electron chi connectivity index (χ1n) is 9.92. The van der Waals surface area contributed by atoms with Gasteiger partial charge in [0.1, 0.15) is 5.76 Å². The molecule has 1 saturated heterocycles. The monoisotopic (exact) mass is 433 g/mol. The van der Waals surface area contributed by atoms with Crippen LogP contribution in [-0.2, 0) is 21.4 Å². The second-order valence-corrected chi connectivity index (χ2v) is 9.57. The van der Waals surface area contributed by atoms with Gasteiger partial charge in [0.05, 0.1) is 24.2 Å². The number of amides is 2. The standard InChI is InChI=1S/C21H27N3O5S/c1-16-9-11-24(12-10-16)30(27,28)19-7-5-17(6-8-19)21(26)23(2)15-20(25)22-14-18-4-3-13-29-18/h3-8,13,16H,9-12,14-15H2,1-2H3,(H,22,25). The molecular formula is C21H27N3O5S. The number of benzene rings is 1. The maximum Gasteiger partial charge on any atom is 0.254 e. The lowest BCUT2D eigenvalue weighted by Gasteiger charge is -2.29. The van der Waals surface area contributed by atoms with Gasteiger partial charge in [0.25, 0.3) is 5.91 Å². The molecule has 1 aliphatic heterocycles. The van der Waals surface area contributed by atoms with Gasteiger partial charge < -0.3 is 14.6 Å². The molecule has 0 aliphatic carbocycles. The molecule has 0 saturated carbocycles. The summed E-state index contributed by atoms with van der Waals surface area (Å²) in [6.45, 7) is 3.28. The van der Waals surface area contributed by atoms with E-state index in [0.29, 0.717) is 30.3 Å². The molecule has 30 heavy (non-hydrogen) atoms. The van der Waals surface area contributed by atoms with E-state index < -0.39 is 10.0 Å². The smallest absolute Gasteiger partial charge is 0.254 e. The summed E-state index contributed by atoms with van der Waals surface area (Å²) in [6.07, 6.45) is 3.22. The van der Waals surface area contributed by atoms with Crippen LogP contribution >= 0.6 is 0 Å². The Kier molecular flexibility index (Phi) is 6.94. The van der Waals surface area contributed by atoms with E-state index in [0.717, 1.165) is 12.8 Å². The molecule has 1 N–H and O–H groups in total. The number of sulfonamides is 1. The molecule has 0 spiro atoms. The highest BCUT2D eigenvalue weighted by molar-refractivity contribution is 7.89. The minimum atomic E-state index is -3.56. The highest BCUT2D eigenvalue weighted by Gasteiger charge is 2.28. The van der Waals surface area contributed by atoms with Gasteiger partial charge in [-0.1, -0.05) is 6.92 Å². The fraction of sp³-hybridized carbons (Fsp3) is 0.429. The molecule has 8 nitrogen and oxygen atoms in total. The summed E-state index contributed by atoms with van der Waals surface area (Å²) in [4.78, 5) is 26.1. The van der Waals surface area contributed by atoms with Crippen LogP contribution in [0.2, 0.25) is 0 Å². The van der Waals surface area contributed by atoms with Crippen LogP contribution in [0.1, 0.15) is 35.9 Å². The predicted molar refractivity (Wildman–Crippen MR) is 111 cm³/mol. The Morgan fingerprint density at radius 3 is 2.43 bits per heavy atom. The lowest BCUT2D eigenvalue weighted by molar-refractivity contribution is -0.121. The molecule has 0 bridgehead atoms. The van der Waals surface area contributed by atoms with E-state index in [-0.39, 0.29) is 29.8 Å². The number of hydrogen-bond acceptors (Lipinski definition) is 5. The topological polar surface area (TPSA) is 99.9 Å². The largest absolute Gasteiger partial charge is 0.467 e. The molecule has 0 radical (unpaired) electrons. The van der Waals surface area contributed by atoms with E-state index in [4.69, 9.17) is 4.42 Å². The van der Waals surface area contributed by atoms with Gasteiger partial charge in [-0.3, -0.25) is 9.59 Å². The summed E-state index contributed by atoms with van der Waals surface area (Å²) in [5.74, 6) is 0.472. The summed E-state index contributed by atoms with van der Waals surface area (Å²) < 4.78 is 32.2. The summed E-state index contributed by atoms with van der Waals surface area (Å²) in [5, 5.41) is 2.68. The van der Waals surface area contributed by atoms with E-state index in [9.17, 15) is 18.0 Å². The number of nitrogens with zero attached hydrogens (tertiary/aromatic N) is 2. The number of likely N-dealkylation sites (N-methyl/N-ethyl adjacent to an activating group) is 1. The van der Waals surface area contributed by atoms with Gasteiger partial charge >= 0.3 is 0 Å². The Labute approximate surface area is 176 Å². The predicted octanol–water partition coefficient (Wildman–Crippen LogP) is 2.09. The molecule has 9 heteroatoms. The third-order valence-electron chi connectivity index (χ3n) is 5.25. The normalized spacial score (nSPS) is 15.7. The van der Waals surface area contributed by atoms with Crippen LogP contribution in [0.3, 0.4) is 0 Å². The number of carbonyl (C=O) groups excluding carboxylic acids is 2. The first kappa shape index (κ1) is 22.0. The average Bonchev–Trinajstić information content (AvgIpc) is 3.26. The van der Waals surface area contributed by atoms with Crippen molar-refractivity contribution in [2.24, 2.45) is 5.92 Å². The number of piperidine rings is 1. The van der Waals surface area contributed by atoms with E-state index in [1.54, 1.807) is 12.1 Å². The van der Waals surface area contributed by atoms with Crippen molar-refractivity contribution in [3.8, 4) is 0 Å². The average molecular weight is 434 g/mol. The molecule has 162 valence electrons. The number of carbonyl (C=O) groups is 2. The quantitative estimate of drug-likeness (QED) is 0.721. The molecular weight excluding hydrogens is 406 g/mol. The summed E-state index contributed by atoms with van der Waals surface area (Å²) in [7, 11) is -2.04. The van der Waals surface area contributed by atoms with Crippen molar-refractivity contribution in [2.45, 2.75) is 31.2 Å². The Morgan fingerprint density at radius 1 is 1.17 bits per heavy atom. The highest BCUT2D eigenvalue weighted by atomic mass is 32.2. The van der Waals surface area contributed by atoms with Gasteiger partial charge in [-0.05, 0) is 55.2 Å². The lowest BCUT2D eigenvalue weighted by Crippen LogP contribution is -2.38. The van der Waals surface area contributed by atoms with Gasteiger partial charge in [0, 0.05) is 25.7 Å². The Bertz CT molecular complexity index is 963. The van der Waals surface area contributed by atoms with E-state index in [1.807, 2.05) is 0 Å². The van der Waals surface area contributed by atoms with Crippen LogP contribution in [0.4, 0.5) is 0 Å². The molecule has 3 rings (SSSR count). The van der Waals surface area contributed by atoms with E-state index in [2.05, 4.69) is 12.2 Å². The Morgan fingerprint density at radius 2 is 1.83 bits per heavy atom. The number of hydrogen-bond donors (Lipinski definition) is 1. The summed E-state index contributed by atoms with van der Waals surface area (Å²) in [6, 6.07) is 9.34. The first-order valence-corrected chi connectivity index (χ1v) is 11.4. The zero-order chi connectivity index (χ0) is 21.7. The molecule has 1 fully saturated rings. The summed E-state index contributed by atoms with van der Waals surface area (Å²) >= 11 is 0. The van der Waals surface area contributed by atoms with Gasteiger partial charge in [0.15, 0.2) is 0 Å². The number of furan rings is 1. The molecule has 2 aromatic rings. The Hall–Kier alpha value is -2.65. The number of nitrogens with one attached hydrogen (secondary N) is 1. The van der Waals surface area contributed by atoms with Gasteiger partial charge in [0.2, 0.25) is 15.9 Å². The van der Waals surface area contributed by atoms with Crippen LogP contribution < -0.4 is 5.32 Å². The first-order chi connectivity index (χ1) is 14.3. The van der Waals surface area contributed by atoms with Gasteiger partial charge in [-0.25, -0.2) is 8.42 Å². The maximum absolute atomic E-state index is 12.8. The highest BCUT2D eigenvalue weighted by Crippen LogP contribution is 2.23. The molecule has 1 aliphatic rings. The second kappa shape index (κ2) is 9.44. The van der Waals surface area contributed by atoms with Crippen LogP contribution in [-0.4, -0.2) is 56.1 Å². The second-order valence-electron chi connectivity index (χ2n) is 7.63. The molecule has 1 aromatic heterocycles. The van der Waals surface area contributed by atoms with Crippen molar-refractivity contribution in [2.75, 3.05) is 26.7 Å². The molecule has 1 aromatic carbocycles. The summed E-state index contributed by atoms with van der Waals surface area (Å²) in [5.41, 5.74) is 0.322. The zero-order valence-corrected chi connectivity index (χ0v) is 18.0. The van der Waals surface area contributed by atoms with E-state index >= 15 is 0 Å². The third kappa shape index (κ3) is 5.28. The van der Waals surface area contributed by atoms with Gasteiger partial charge in [-0.2, -0.15) is 4.31 Å². The van der Waals surface area contributed by atoms with Crippen LogP contribution in [0, 0.1) is 5.92 Å². The Balaban J connectivity index is 1.58. The fourth-order valence-corrected chi connectivity index (χ4v) is 4.78. The third-order valence-corrected chi connectivity index (χ3v) is 7.16. The van der Waals surface area contributed by atoms with Crippen molar-refractivity contribution < 1.29 is 22.4 Å². The molecule has 2 heterocycles. The van der Waals surface area contributed by atoms with Crippen molar-refractivity contribution in [3.05, 3.63) is 54.0 Å². The van der Waals surface area contributed by atoms with Crippen molar-refractivity contribution in [3.63, 3.8) is 0 Å². The fourth-order valence-electron chi connectivity index (χ4n) is 3.31. The van der Waals surface area contributed by atoms with Crippen LogP contribution in [0.25, 0.3) is 0 Å².